The highest BCUT2D eigenvalue weighted by atomic mass is 35.5. The number of carbonyl (C=O) groups is 1. The van der Waals surface area contributed by atoms with E-state index < -0.39 is 15.9 Å². The first kappa shape index (κ1) is 32.0. The van der Waals surface area contributed by atoms with Crippen LogP contribution in [0.4, 0.5) is 5.69 Å². The summed E-state index contributed by atoms with van der Waals surface area (Å²) in [5.74, 6) is 0.490. The van der Waals surface area contributed by atoms with Crippen molar-refractivity contribution < 1.29 is 22.7 Å². The predicted molar refractivity (Wildman–Crippen MR) is 147 cm³/mol. The second kappa shape index (κ2) is 15.3. The second-order valence-electron chi connectivity index (χ2n) is 6.97. The zero-order chi connectivity index (χ0) is 28.2. The van der Waals surface area contributed by atoms with Gasteiger partial charge in [0.2, 0.25) is 15.9 Å². The van der Waals surface area contributed by atoms with Crippen LogP contribution in [0.15, 0.2) is 76.4 Å². The van der Waals surface area contributed by atoms with Gasteiger partial charge in [0.05, 0.1) is 34.7 Å². The van der Waals surface area contributed by atoms with Crippen molar-refractivity contribution in [3.05, 3.63) is 81.5 Å². The van der Waals surface area contributed by atoms with Crippen LogP contribution in [0, 0.1) is 11.3 Å². The van der Waals surface area contributed by atoms with Crippen LogP contribution < -0.4 is 19.9 Å². The minimum absolute atomic E-state index is 0.00682. The third-order valence-electron chi connectivity index (χ3n) is 4.02. The van der Waals surface area contributed by atoms with Gasteiger partial charge < -0.3 is 14.8 Å². The Morgan fingerprint density at radius 2 is 1.81 bits per heavy atom. The third kappa shape index (κ3) is 11.7. The Balaban J connectivity index is 0.00000334. The first-order valence-electron chi connectivity index (χ1n) is 10.8. The van der Waals surface area contributed by atoms with Gasteiger partial charge in [0.15, 0.2) is 0 Å². The monoisotopic (exact) mass is 585 g/mol. The molecule has 0 fully saturated rings. The Kier molecular flexibility index (Phi) is 13.2. The average molecular weight is 587 g/mol. The summed E-state index contributed by atoms with van der Waals surface area (Å²) in [6.07, 6.45) is 2.88. The number of hydrogen-bond donors (Lipinski definition) is 2. The van der Waals surface area contributed by atoms with Gasteiger partial charge in [0, 0.05) is 21.7 Å². The van der Waals surface area contributed by atoms with Crippen LogP contribution in [-0.2, 0) is 14.8 Å². The Hall–Kier alpha value is -3.00. The van der Waals surface area contributed by atoms with Gasteiger partial charge in [-0.2, -0.15) is 5.26 Å². The van der Waals surface area contributed by atoms with Crippen LogP contribution in [0.2, 0.25) is 10.0 Å². The molecule has 0 bridgehead atoms. The summed E-state index contributed by atoms with van der Waals surface area (Å²) in [4.78, 5) is 12.1. The molecule has 0 unspecified atom stereocenters. The molecule has 2 rings (SSSR count). The van der Waals surface area contributed by atoms with Gasteiger partial charge in [-0.15, -0.1) is 0 Å². The van der Waals surface area contributed by atoms with Crippen LogP contribution in [0.1, 0.15) is 27.2 Å². The topological polar surface area (TPSA) is 132 Å². The molecule has 0 aliphatic carbocycles. The molecule has 12 heteroatoms. The van der Waals surface area contributed by atoms with Crippen LogP contribution >= 0.6 is 34.8 Å². The number of carbonyl (C=O) groups excluding carboxylic acids is 1. The van der Waals surface area contributed by atoms with E-state index >= 15 is 0 Å². The van der Waals surface area contributed by atoms with E-state index in [0.717, 1.165) is 6.07 Å². The average Bonchev–Trinajstić information content (AvgIpc) is 2.80. The summed E-state index contributed by atoms with van der Waals surface area (Å²) in [7, 11) is -3.91. The molecule has 0 atom stereocenters. The quantitative estimate of drug-likeness (QED) is 0.184. The molecule has 1 amide bonds. The predicted octanol–water partition coefficient (Wildman–Crippen LogP) is 6.56. The largest absolute Gasteiger partial charge is 0.493 e. The molecule has 37 heavy (non-hydrogen) atoms. The number of nitriles is 1. The first-order valence-corrected chi connectivity index (χ1v) is 13.4. The Bertz CT molecular complexity index is 1350. The van der Waals surface area contributed by atoms with Crippen LogP contribution in [0.5, 0.6) is 11.5 Å². The molecule has 2 aromatic rings. The van der Waals surface area contributed by atoms with Crippen molar-refractivity contribution in [1.29, 1.82) is 5.26 Å². The van der Waals surface area contributed by atoms with E-state index in [9.17, 15) is 13.2 Å². The lowest BCUT2D eigenvalue weighted by Gasteiger charge is -2.12. The number of nitrogens with zero attached hydrogens (tertiary/aromatic N) is 1. The molecule has 0 aliphatic rings. The summed E-state index contributed by atoms with van der Waals surface area (Å²) < 4.78 is 34.1. The number of anilines is 1. The maximum absolute atomic E-state index is 12.2. The van der Waals surface area contributed by atoms with Gasteiger partial charge in [0.25, 0.3) is 0 Å². The molecular weight excluding hydrogens is 561 g/mol. The lowest BCUT2D eigenvalue weighted by molar-refractivity contribution is -0.116. The maximum atomic E-state index is 12.2. The zero-order valence-electron chi connectivity index (χ0n) is 20.3. The molecule has 0 aromatic heterocycles. The van der Waals surface area contributed by atoms with E-state index in [2.05, 4.69) is 11.9 Å². The molecular formula is C25H26Cl3N3O5S. The molecule has 2 aromatic carbocycles. The Labute approximate surface area is 232 Å². The number of nitrogens with one attached hydrogen (secondary N) is 1. The van der Waals surface area contributed by atoms with E-state index in [4.69, 9.17) is 54.7 Å². The van der Waals surface area contributed by atoms with E-state index in [1.165, 1.54) is 36.4 Å². The van der Waals surface area contributed by atoms with Crippen molar-refractivity contribution in [2.45, 2.75) is 32.1 Å². The molecule has 0 heterocycles. The van der Waals surface area contributed by atoms with E-state index in [0.29, 0.717) is 21.6 Å². The number of benzene rings is 2. The number of hydrogen-bond acceptors (Lipinski definition) is 6. The molecule has 8 nitrogen and oxygen atoms in total. The number of nitrogens with two attached hydrogens (primary N) is 1. The molecule has 0 saturated carbocycles. The fourth-order valence-electron chi connectivity index (χ4n) is 2.56. The van der Waals surface area contributed by atoms with E-state index in [1.807, 2.05) is 19.9 Å². The number of allylic oxidation sites excluding steroid dienone is 4. The zero-order valence-corrected chi connectivity index (χ0v) is 23.4. The number of sulfonamides is 1. The number of amides is 1. The van der Waals surface area contributed by atoms with Gasteiger partial charge in [-0.3, -0.25) is 4.79 Å². The molecule has 198 valence electrons. The van der Waals surface area contributed by atoms with Crippen molar-refractivity contribution in [2.75, 3.05) is 11.9 Å². The lowest BCUT2D eigenvalue weighted by atomic mass is 10.2. The van der Waals surface area contributed by atoms with Crippen molar-refractivity contribution in [1.82, 2.24) is 0 Å². The Morgan fingerprint density at radius 3 is 2.38 bits per heavy atom. The summed E-state index contributed by atoms with van der Waals surface area (Å²) in [6, 6.07) is 10.2. The third-order valence-corrected chi connectivity index (χ3v) is 5.57. The highest BCUT2D eigenvalue weighted by Crippen LogP contribution is 2.29. The van der Waals surface area contributed by atoms with Crippen molar-refractivity contribution in [3.8, 4) is 17.6 Å². The molecule has 0 saturated heterocycles. The summed E-state index contributed by atoms with van der Waals surface area (Å²) in [6.45, 7) is 9.22. The number of rotatable bonds is 10. The standard InChI is InChI=1S/C23H20Cl3N3O5S.C2H6/c1-14(13-27)7-18(8-15(2)24)34-19-10-16(25)9-17(11-19)33-6-5-23(30)29-22-4-3-20(12-21(22)26)35(28,31)32;1-2/h3-4,7-12H,1,5-6H2,2H3,(H,29,30)(H2,28,31,32);1-2H3/b15-8+,18-7+;. The minimum Gasteiger partial charge on any atom is -0.493 e. The van der Waals surface area contributed by atoms with Gasteiger partial charge in [-0.05, 0) is 49.4 Å². The van der Waals surface area contributed by atoms with E-state index in [-0.39, 0.29) is 40.0 Å². The number of primary sulfonamides is 1. The molecule has 0 spiro atoms. The van der Waals surface area contributed by atoms with Crippen LogP contribution in [-0.4, -0.2) is 20.9 Å². The highest BCUT2D eigenvalue weighted by molar-refractivity contribution is 7.89. The fourth-order valence-corrected chi connectivity index (χ4v) is 3.72. The lowest BCUT2D eigenvalue weighted by Crippen LogP contribution is -2.16. The van der Waals surface area contributed by atoms with Crippen molar-refractivity contribution in [2.24, 2.45) is 5.14 Å². The van der Waals surface area contributed by atoms with Gasteiger partial charge in [0.1, 0.15) is 17.3 Å². The van der Waals surface area contributed by atoms with Gasteiger partial charge in [-0.25, -0.2) is 13.6 Å². The maximum Gasteiger partial charge on any atom is 0.238 e. The van der Waals surface area contributed by atoms with Gasteiger partial charge >= 0.3 is 0 Å². The number of halogens is 3. The first-order chi connectivity index (χ1) is 17.4. The highest BCUT2D eigenvalue weighted by Gasteiger charge is 2.13. The van der Waals surface area contributed by atoms with Gasteiger partial charge in [-0.1, -0.05) is 55.2 Å². The molecule has 0 radical (unpaired) electrons. The Morgan fingerprint density at radius 1 is 1.16 bits per heavy atom. The smallest absolute Gasteiger partial charge is 0.238 e. The summed E-state index contributed by atoms with van der Waals surface area (Å²) >= 11 is 18.1. The summed E-state index contributed by atoms with van der Waals surface area (Å²) in [5.41, 5.74) is 0.390. The molecule has 3 N–H and O–H groups in total. The van der Waals surface area contributed by atoms with Crippen molar-refractivity contribution >= 4 is 56.4 Å². The fraction of sp³-hybridized carbons (Fsp3) is 0.200. The SMILES string of the molecule is C=C(C#N)/C=C(\C=C(/C)Cl)Oc1cc(Cl)cc(OCCC(=O)Nc2ccc(S(N)(=O)=O)cc2Cl)c1.CC. The van der Waals surface area contributed by atoms with Crippen LogP contribution in [0.3, 0.4) is 0 Å². The molecule has 0 aliphatic heterocycles. The minimum atomic E-state index is -3.91. The normalized spacial score (nSPS) is 11.5. The summed E-state index contributed by atoms with van der Waals surface area (Å²) in [5, 5.41) is 17.3. The van der Waals surface area contributed by atoms with Crippen molar-refractivity contribution in [3.63, 3.8) is 0 Å². The van der Waals surface area contributed by atoms with Crippen LogP contribution in [0.25, 0.3) is 0 Å². The van der Waals surface area contributed by atoms with E-state index in [1.54, 1.807) is 13.0 Å². The number of ether oxygens (including phenoxy) is 2. The second-order valence-corrected chi connectivity index (χ2v) is 9.97.